The van der Waals surface area contributed by atoms with Crippen molar-refractivity contribution in [3.8, 4) is 11.5 Å². The van der Waals surface area contributed by atoms with E-state index in [9.17, 15) is 4.79 Å². The second-order valence-electron chi connectivity index (χ2n) is 9.23. The molecular weight excluding hydrogens is 525 g/mol. The molecule has 0 spiro atoms. The van der Waals surface area contributed by atoms with Crippen molar-refractivity contribution in [3.05, 3.63) is 93.5 Å². The third kappa shape index (κ3) is 6.62. The maximum absolute atomic E-state index is 13.5. The number of hydrogen-bond acceptors (Lipinski definition) is 5. The van der Waals surface area contributed by atoms with Crippen LogP contribution in [0, 0.1) is 0 Å². The maximum Gasteiger partial charge on any atom is 0.249 e. The standard InChI is InChI=1S/C30H33Cl2NO5/c1-4-6-25(18-37-17-20-9-14-26(35-2)27(15-20)36-3)33-28(34)19-38-30(22-7-5-8-24(32)16-22)29(33)21-10-12-23(31)13-11-21/h5,7-16,25,29-30H,4,6,17-19H2,1-3H3/t25-,29-,30-/m1/s1. The van der Waals surface area contributed by atoms with Gasteiger partial charge in [0.05, 0.1) is 39.5 Å². The molecule has 1 saturated heterocycles. The molecule has 1 heterocycles. The van der Waals surface area contributed by atoms with Crippen LogP contribution in [0.2, 0.25) is 10.0 Å². The summed E-state index contributed by atoms with van der Waals surface area (Å²) >= 11 is 12.5. The summed E-state index contributed by atoms with van der Waals surface area (Å²) in [5.74, 6) is 1.24. The molecule has 3 aromatic carbocycles. The largest absolute Gasteiger partial charge is 0.493 e. The van der Waals surface area contributed by atoms with Crippen molar-refractivity contribution < 1.29 is 23.7 Å². The van der Waals surface area contributed by atoms with E-state index in [0.717, 1.165) is 29.5 Å². The molecule has 3 aromatic rings. The Kier molecular flexibility index (Phi) is 9.91. The molecule has 3 atom stereocenters. The normalized spacial score (nSPS) is 18.3. The quantitative estimate of drug-likeness (QED) is 0.253. The van der Waals surface area contributed by atoms with Gasteiger partial charge in [0, 0.05) is 10.0 Å². The highest BCUT2D eigenvalue weighted by atomic mass is 35.5. The van der Waals surface area contributed by atoms with Crippen LogP contribution < -0.4 is 9.47 Å². The monoisotopic (exact) mass is 557 g/mol. The van der Waals surface area contributed by atoms with Crippen LogP contribution in [0.5, 0.6) is 11.5 Å². The zero-order valence-electron chi connectivity index (χ0n) is 21.9. The fourth-order valence-corrected chi connectivity index (χ4v) is 5.26. The maximum atomic E-state index is 13.5. The third-order valence-electron chi connectivity index (χ3n) is 6.69. The second-order valence-corrected chi connectivity index (χ2v) is 10.1. The van der Waals surface area contributed by atoms with Crippen molar-refractivity contribution in [2.24, 2.45) is 0 Å². The van der Waals surface area contributed by atoms with E-state index in [1.807, 2.05) is 71.6 Å². The van der Waals surface area contributed by atoms with Gasteiger partial charge >= 0.3 is 0 Å². The fraction of sp³-hybridized carbons (Fsp3) is 0.367. The van der Waals surface area contributed by atoms with Crippen molar-refractivity contribution in [2.45, 2.75) is 44.6 Å². The predicted molar refractivity (Wildman–Crippen MR) is 149 cm³/mol. The van der Waals surface area contributed by atoms with E-state index < -0.39 is 6.10 Å². The summed E-state index contributed by atoms with van der Waals surface area (Å²) in [4.78, 5) is 15.4. The van der Waals surface area contributed by atoms with Crippen LogP contribution in [0.3, 0.4) is 0 Å². The molecule has 0 saturated carbocycles. The number of nitrogens with zero attached hydrogens (tertiary/aromatic N) is 1. The van der Waals surface area contributed by atoms with Gasteiger partial charge in [0.15, 0.2) is 11.5 Å². The van der Waals surface area contributed by atoms with Gasteiger partial charge in [-0.1, -0.05) is 66.9 Å². The fourth-order valence-electron chi connectivity index (χ4n) is 4.94. The van der Waals surface area contributed by atoms with Gasteiger partial charge in [0.1, 0.15) is 12.7 Å². The zero-order valence-corrected chi connectivity index (χ0v) is 23.4. The van der Waals surface area contributed by atoms with Gasteiger partial charge in [-0.2, -0.15) is 0 Å². The Balaban J connectivity index is 1.62. The van der Waals surface area contributed by atoms with Gasteiger partial charge in [-0.15, -0.1) is 0 Å². The molecular formula is C30H33Cl2NO5. The number of carbonyl (C=O) groups excluding carboxylic acids is 1. The number of benzene rings is 3. The van der Waals surface area contributed by atoms with Crippen molar-refractivity contribution in [3.63, 3.8) is 0 Å². The molecule has 8 heteroatoms. The minimum atomic E-state index is -0.391. The number of carbonyl (C=O) groups is 1. The van der Waals surface area contributed by atoms with Gasteiger partial charge in [-0.3, -0.25) is 4.79 Å². The molecule has 1 amide bonds. The summed E-state index contributed by atoms with van der Waals surface area (Å²) in [5.41, 5.74) is 2.81. The minimum absolute atomic E-state index is 0.0167. The van der Waals surface area contributed by atoms with Crippen molar-refractivity contribution in [1.82, 2.24) is 4.90 Å². The molecule has 4 rings (SSSR count). The lowest BCUT2D eigenvalue weighted by molar-refractivity contribution is -0.166. The first-order valence-electron chi connectivity index (χ1n) is 12.7. The number of ether oxygens (including phenoxy) is 4. The van der Waals surface area contributed by atoms with Crippen LogP contribution in [0.1, 0.15) is 48.6 Å². The van der Waals surface area contributed by atoms with Gasteiger partial charge in [0.25, 0.3) is 0 Å². The highest BCUT2D eigenvalue weighted by Crippen LogP contribution is 2.42. The van der Waals surface area contributed by atoms with Gasteiger partial charge in [-0.05, 0) is 59.5 Å². The third-order valence-corrected chi connectivity index (χ3v) is 7.18. The predicted octanol–water partition coefficient (Wildman–Crippen LogP) is 7.04. The van der Waals surface area contributed by atoms with E-state index in [-0.39, 0.29) is 24.6 Å². The Morgan fingerprint density at radius 2 is 1.71 bits per heavy atom. The molecule has 0 unspecified atom stereocenters. The Labute approximate surface area is 234 Å². The molecule has 0 N–H and O–H groups in total. The molecule has 6 nitrogen and oxygen atoms in total. The lowest BCUT2D eigenvalue weighted by Gasteiger charge is -2.45. The first-order valence-corrected chi connectivity index (χ1v) is 13.4. The molecule has 1 fully saturated rings. The Morgan fingerprint density at radius 1 is 0.947 bits per heavy atom. The molecule has 0 bridgehead atoms. The Morgan fingerprint density at radius 3 is 2.39 bits per heavy atom. The SMILES string of the molecule is CCC[C@H](COCc1ccc(OC)c(OC)c1)N1C(=O)CO[C@H](c2cccc(Cl)c2)[C@H]1c1ccc(Cl)cc1. The zero-order chi connectivity index (χ0) is 27.1. The van der Waals surface area contributed by atoms with Crippen molar-refractivity contribution >= 4 is 29.1 Å². The summed E-state index contributed by atoms with van der Waals surface area (Å²) in [5, 5.41) is 1.25. The Hall–Kier alpha value is -2.77. The van der Waals surface area contributed by atoms with Crippen LogP contribution >= 0.6 is 23.2 Å². The number of amides is 1. The number of hydrogen-bond donors (Lipinski definition) is 0. The van der Waals surface area contributed by atoms with Crippen molar-refractivity contribution in [2.75, 3.05) is 27.4 Å². The summed E-state index contributed by atoms with van der Waals surface area (Å²) < 4.78 is 23.1. The first-order chi connectivity index (χ1) is 18.4. The van der Waals surface area contributed by atoms with E-state index in [1.165, 1.54) is 0 Å². The number of methoxy groups -OCH3 is 2. The van der Waals surface area contributed by atoms with E-state index in [1.54, 1.807) is 14.2 Å². The van der Waals surface area contributed by atoms with Crippen LogP contribution in [0.15, 0.2) is 66.7 Å². The van der Waals surface area contributed by atoms with Crippen LogP contribution in [-0.2, 0) is 20.9 Å². The van der Waals surface area contributed by atoms with Crippen LogP contribution in [-0.4, -0.2) is 44.3 Å². The van der Waals surface area contributed by atoms with E-state index in [0.29, 0.717) is 34.8 Å². The molecule has 0 aromatic heterocycles. The summed E-state index contributed by atoms with van der Waals surface area (Å²) in [6.45, 7) is 2.85. The summed E-state index contributed by atoms with van der Waals surface area (Å²) in [6, 6.07) is 20.4. The molecule has 1 aliphatic heterocycles. The molecule has 202 valence electrons. The minimum Gasteiger partial charge on any atom is -0.493 e. The summed E-state index contributed by atoms with van der Waals surface area (Å²) in [7, 11) is 3.22. The van der Waals surface area contributed by atoms with Crippen molar-refractivity contribution in [1.29, 1.82) is 0 Å². The Bertz CT molecular complexity index is 1220. The van der Waals surface area contributed by atoms with Gasteiger partial charge in [-0.25, -0.2) is 0 Å². The number of morpholine rings is 1. The molecule has 0 aliphatic carbocycles. The van der Waals surface area contributed by atoms with Crippen LogP contribution in [0.4, 0.5) is 0 Å². The summed E-state index contributed by atoms with van der Waals surface area (Å²) in [6.07, 6.45) is 1.28. The highest BCUT2D eigenvalue weighted by molar-refractivity contribution is 6.30. The van der Waals surface area contributed by atoms with E-state index in [2.05, 4.69) is 6.92 Å². The highest BCUT2D eigenvalue weighted by Gasteiger charge is 2.42. The lowest BCUT2D eigenvalue weighted by atomic mass is 9.91. The molecule has 38 heavy (non-hydrogen) atoms. The van der Waals surface area contributed by atoms with E-state index in [4.69, 9.17) is 42.1 Å². The topological polar surface area (TPSA) is 57.2 Å². The smallest absolute Gasteiger partial charge is 0.249 e. The van der Waals surface area contributed by atoms with Crippen LogP contribution in [0.25, 0.3) is 0 Å². The number of rotatable bonds is 11. The first kappa shape index (κ1) is 28.2. The second kappa shape index (κ2) is 13.3. The average Bonchev–Trinajstić information content (AvgIpc) is 2.93. The van der Waals surface area contributed by atoms with Gasteiger partial charge in [0.2, 0.25) is 5.91 Å². The van der Waals surface area contributed by atoms with E-state index >= 15 is 0 Å². The van der Waals surface area contributed by atoms with Gasteiger partial charge < -0.3 is 23.8 Å². The average molecular weight is 559 g/mol. The molecule has 0 radical (unpaired) electrons. The lowest BCUT2D eigenvalue weighted by Crippen LogP contribution is -2.52. The number of halogens is 2. The molecule has 1 aliphatic rings.